The predicted molar refractivity (Wildman–Crippen MR) is 267 cm³/mol. The van der Waals surface area contributed by atoms with Crippen LogP contribution in [0.4, 0.5) is 0 Å². The van der Waals surface area contributed by atoms with Crippen molar-refractivity contribution in [3.05, 3.63) is 169 Å². The summed E-state index contributed by atoms with van der Waals surface area (Å²) in [5.74, 6) is 0.737. The normalized spacial score (nSPS) is 25.4. The Hall–Kier alpha value is -7.45. The van der Waals surface area contributed by atoms with Crippen molar-refractivity contribution in [3.63, 3.8) is 0 Å². The molecule has 1 saturated carbocycles. The number of hydrogen-bond acceptors (Lipinski definition) is 8. The molecule has 0 N–H and O–H groups in total. The van der Waals surface area contributed by atoms with Crippen LogP contribution in [0.2, 0.25) is 0 Å². The smallest absolute Gasteiger partial charge is 0.354 e. The van der Waals surface area contributed by atoms with Crippen molar-refractivity contribution < 1.29 is 28.7 Å². The maximum atomic E-state index is 14.5. The third kappa shape index (κ3) is 6.15. The van der Waals surface area contributed by atoms with E-state index in [-0.39, 0.29) is 24.2 Å². The molecule has 2 fully saturated rings. The van der Waals surface area contributed by atoms with E-state index in [1.165, 1.54) is 0 Å². The Morgan fingerprint density at radius 2 is 1.03 bits per heavy atom. The fourth-order valence-corrected chi connectivity index (χ4v) is 12.3. The number of oxime groups is 2. The van der Waals surface area contributed by atoms with Gasteiger partial charge in [0.1, 0.15) is 23.2 Å². The average molecular weight is 883 g/mol. The number of esters is 1. The summed E-state index contributed by atoms with van der Waals surface area (Å²) in [5, 5.41) is 18.6. The van der Waals surface area contributed by atoms with Crippen molar-refractivity contribution in [1.29, 1.82) is 0 Å². The zero-order chi connectivity index (χ0) is 45.7. The van der Waals surface area contributed by atoms with Gasteiger partial charge >= 0.3 is 5.97 Å². The predicted octanol–water partition coefficient (Wildman–Crippen LogP) is 13.2. The van der Waals surface area contributed by atoms with Crippen molar-refractivity contribution in [2.45, 2.75) is 56.8 Å². The molecule has 8 heteroatoms. The molecule has 1 saturated heterocycles. The molecule has 3 aliphatic heterocycles. The second-order valence-corrected chi connectivity index (χ2v) is 19.2. The number of fused-ring (bicyclic) bond motifs is 6. The fourth-order valence-electron chi connectivity index (χ4n) is 12.3. The topological polar surface area (TPSA) is 87.9 Å². The third-order valence-corrected chi connectivity index (χ3v) is 15.6. The van der Waals surface area contributed by atoms with E-state index >= 15 is 0 Å². The number of allylic oxidation sites excluding steroid dienone is 1. The van der Waals surface area contributed by atoms with Gasteiger partial charge in [-0.3, -0.25) is 0 Å². The average Bonchev–Trinajstić information content (AvgIpc) is 4.07. The maximum absolute atomic E-state index is 14.5. The van der Waals surface area contributed by atoms with Crippen LogP contribution in [0.1, 0.15) is 50.7 Å². The maximum Gasteiger partial charge on any atom is 0.354 e. The van der Waals surface area contributed by atoms with E-state index in [4.69, 9.17) is 34.2 Å². The first kappa shape index (κ1) is 41.0. The Labute approximate surface area is 389 Å². The molecule has 332 valence electrons. The summed E-state index contributed by atoms with van der Waals surface area (Å²) in [5.41, 5.74) is 4.93. The van der Waals surface area contributed by atoms with Gasteiger partial charge in [0.05, 0.1) is 31.6 Å². The van der Waals surface area contributed by atoms with E-state index in [0.717, 1.165) is 93.7 Å². The van der Waals surface area contributed by atoms with E-state index in [2.05, 4.69) is 148 Å². The lowest BCUT2D eigenvalue weighted by Gasteiger charge is -2.50. The van der Waals surface area contributed by atoms with Crippen LogP contribution in [0.3, 0.4) is 0 Å². The first-order valence-corrected chi connectivity index (χ1v) is 23.2. The van der Waals surface area contributed by atoms with Gasteiger partial charge in [0.15, 0.2) is 0 Å². The van der Waals surface area contributed by atoms with Crippen LogP contribution < -0.4 is 9.47 Å². The molecule has 0 bridgehead atoms. The molecule has 0 aromatic heterocycles. The SMILES string of the molecule is C=C[C@@]1(C)C[C@H]2OC(=O)[C@@]3(CC(c4ccc5ccccc5c4-c4c(OC)ccc5ccccc45)=NO3)[C@H]2C[C@@H]1[C@]1(C)CC(c2ccc3ccccc3c2-c2c(OC)ccc3ccccc23)=NO1. The third-order valence-electron chi connectivity index (χ3n) is 15.6. The van der Waals surface area contributed by atoms with Crippen molar-refractivity contribution in [1.82, 2.24) is 0 Å². The molecule has 0 radical (unpaired) electrons. The highest BCUT2D eigenvalue weighted by Crippen LogP contribution is 2.60. The van der Waals surface area contributed by atoms with Gasteiger partial charge in [-0.15, -0.1) is 6.58 Å². The fraction of sp³-hybridized carbons (Fsp3) is 0.237. The first-order chi connectivity index (χ1) is 32.7. The van der Waals surface area contributed by atoms with E-state index in [9.17, 15) is 4.79 Å². The van der Waals surface area contributed by atoms with Gasteiger partial charge in [-0.25, -0.2) is 4.79 Å². The summed E-state index contributed by atoms with van der Waals surface area (Å²) in [7, 11) is 3.44. The van der Waals surface area contributed by atoms with Crippen LogP contribution in [0.15, 0.2) is 169 Å². The van der Waals surface area contributed by atoms with E-state index in [1.54, 1.807) is 14.2 Å². The van der Waals surface area contributed by atoms with Crippen LogP contribution in [0.5, 0.6) is 11.5 Å². The van der Waals surface area contributed by atoms with Crippen molar-refractivity contribution in [2.75, 3.05) is 14.2 Å². The molecule has 67 heavy (non-hydrogen) atoms. The number of methoxy groups -OCH3 is 2. The van der Waals surface area contributed by atoms with Gasteiger partial charge in [0, 0.05) is 52.1 Å². The molecule has 3 heterocycles. The molecule has 4 aliphatic rings. The number of ether oxygens (including phenoxy) is 3. The second kappa shape index (κ2) is 15.3. The molecule has 12 rings (SSSR count). The van der Waals surface area contributed by atoms with E-state index in [0.29, 0.717) is 25.0 Å². The summed E-state index contributed by atoms with van der Waals surface area (Å²) in [6.07, 6.45) is 3.56. The highest BCUT2D eigenvalue weighted by Gasteiger charge is 2.68. The Bertz CT molecular complexity index is 3450. The summed E-state index contributed by atoms with van der Waals surface area (Å²) < 4.78 is 18.6. The lowest BCUT2D eigenvalue weighted by molar-refractivity contribution is -0.159. The van der Waals surface area contributed by atoms with Crippen molar-refractivity contribution in [3.8, 4) is 33.8 Å². The number of carbonyl (C=O) groups excluding carboxylic acids is 1. The van der Waals surface area contributed by atoms with Crippen LogP contribution in [0, 0.1) is 17.3 Å². The monoisotopic (exact) mass is 882 g/mol. The lowest BCUT2D eigenvalue weighted by Crippen LogP contribution is -2.54. The Kier molecular flexibility index (Phi) is 9.37. The van der Waals surface area contributed by atoms with E-state index in [1.807, 2.05) is 24.3 Å². The molecule has 8 aromatic carbocycles. The number of nitrogens with zero attached hydrogens (tertiary/aromatic N) is 2. The van der Waals surface area contributed by atoms with Crippen molar-refractivity contribution >= 4 is 60.5 Å². The zero-order valence-electron chi connectivity index (χ0n) is 38.0. The number of benzene rings is 8. The van der Waals surface area contributed by atoms with Crippen LogP contribution in [0.25, 0.3) is 65.3 Å². The van der Waals surface area contributed by atoms with Crippen LogP contribution in [-0.2, 0) is 19.2 Å². The zero-order valence-corrected chi connectivity index (χ0v) is 38.0. The molecule has 8 nitrogen and oxygen atoms in total. The molecule has 1 spiro atoms. The molecule has 8 aromatic rings. The summed E-state index contributed by atoms with van der Waals surface area (Å²) in [4.78, 5) is 27.9. The largest absolute Gasteiger partial charge is 0.496 e. The Balaban J connectivity index is 0.916. The number of carbonyl (C=O) groups is 1. The molecular weight excluding hydrogens is 833 g/mol. The minimum Gasteiger partial charge on any atom is -0.496 e. The van der Waals surface area contributed by atoms with Crippen LogP contribution >= 0.6 is 0 Å². The van der Waals surface area contributed by atoms with Gasteiger partial charge in [-0.05, 0) is 80.4 Å². The van der Waals surface area contributed by atoms with Gasteiger partial charge in [-0.1, -0.05) is 157 Å². The summed E-state index contributed by atoms with van der Waals surface area (Å²) in [6.45, 7) is 8.76. The minimum atomic E-state index is -1.32. The van der Waals surface area contributed by atoms with E-state index < -0.39 is 22.7 Å². The van der Waals surface area contributed by atoms with Gasteiger partial charge in [0.25, 0.3) is 0 Å². The number of rotatable bonds is 8. The number of hydrogen-bond donors (Lipinski definition) is 0. The standard InChI is InChI=1S/C59H50N2O6/c1-6-57(2)34-50-45(31-51(57)58(3)32-46(60-66-58)43-27-23-35-15-7-11-19-39(35)52(43)54-41-21-13-9-17-37(41)25-29-48(54)63-4)59(56(62)65-50)33-47(61-67-59)44-28-24-36-16-8-12-20-40(36)53(44)55-42-22-14-10-18-38(42)26-30-49(55)64-5/h6-30,45,50-51H,1,31-34H2,2-5H3/t45-,50+,51-,57-,58-,59+/m0/s1. The minimum absolute atomic E-state index is 0.119. The highest BCUT2D eigenvalue weighted by atomic mass is 16.7. The molecule has 6 atom stereocenters. The second-order valence-electron chi connectivity index (χ2n) is 19.2. The molecular formula is C59H50N2O6. The van der Waals surface area contributed by atoms with Gasteiger partial charge < -0.3 is 23.9 Å². The quantitative estimate of drug-likeness (QED) is 0.112. The van der Waals surface area contributed by atoms with Crippen LogP contribution in [-0.4, -0.2) is 48.9 Å². The Morgan fingerprint density at radius 1 is 0.582 bits per heavy atom. The van der Waals surface area contributed by atoms with Gasteiger partial charge in [0.2, 0.25) is 5.60 Å². The lowest BCUT2D eigenvalue weighted by atomic mass is 9.55. The van der Waals surface area contributed by atoms with Crippen molar-refractivity contribution in [2.24, 2.45) is 27.6 Å². The molecule has 0 unspecified atom stereocenters. The summed E-state index contributed by atoms with van der Waals surface area (Å²) >= 11 is 0. The molecule has 1 aliphatic carbocycles. The summed E-state index contributed by atoms with van der Waals surface area (Å²) in [6, 6.07) is 50.5. The first-order valence-electron chi connectivity index (χ1n) is 23.2. The highest BCUT2D eigenvalue weighted by molar-refractivity contribution is 6.19. The van der Waals surface area contributed by atoms with Gasteiger partial charge in [-0.2, -0.15) is 0 Å². The Morgan fingerprint density at radius 3 is 1.52 bits per heavy atom. The molecule has 0 amide bonds.